The Labute approximate surface area is 70.6 Å². The highest BCUT2D eigenvalue weighted by Crippen LogP contribution is 2.14. The molecular formula is C8H9N3O. The lowest BCUT2D eigenvalue weighted by Gasteiger charge is -2.03. The molecule has 0 fully saturated rings. The van der Waals surface area contributed by atoms with Crippen molar-refractivity contribution in [2.75, 3.05) is 7.11 Å². The Morgan fingerprint density at radius 1 is 1.75 bits per heavy atom. The summed E-state index contributed by atoms with van der Waals surface area (Å²) in [6.45, 7) is 0.325. The number of nitriles is 1. The van der Waals surface area contributed by atoms with Crippen molar-refractivity contribution in [3.63, 3.8) is 0 Å². The van der Waals surface area contributed by atoms with E-state index in [-0.39, 0.29) is 0 Å². The van der Waals surface area contributed by atoms with Gasteiger partial charge in [0.2, 0.25) is 5.88 Å². The van der Waals surface area contributed by atoms with Gasteiger partial charge in [0.25, 0.3) is 0 Å². The summed E-state index contributed by atoms with van der Waals surface area (Å²) in [7, 11) is 1.52. The van der Waals surface area contributed by atoms with Crippen LogP contribution in [0.2, 0.25) is 0 Å². The van der Waals surface area contributed by atoms with Crippen molar-refractivity contribution in [3.05, 3.63) is 23.4 Å². The van der Waals surface area contributed by atoms with Crippen LogP contribution in [0, 0.1) is 11.3 Å². The van der Waals surface area contributed by atoms with E-state index in [2.05, 4.69) is 4.98 Å². The predicted molar refractivity (Wildman–Crippen MR) is 43.4 cm³/mol. The normalized spacial score (nSPS) is 9.08. The van der Waals surface area contributed by atoms with Crippen LogP contribution >= 0.6 is 0 Å². The van der Waals surface area contributed by atoms with Crippen LogP contribution < -0.4 is 10.5 Å². The number of ether oxygens (including phenoxy) is 1. The zero-order valence-electron chi connectivity index (χ0n) is 6.74. The fourth-order valence-corrected chi connectivity index (χ4v) is 0.889. The molecule has 0 atom stereocenters. The van der Waals surface area contributed by atoms with Gasteiger partial charge in [0, 0.05) is 18.3 Å². The Balaban J connectivity index is 3.13. The van der Waals surface area contributed by atoms with Gasteiger partial charge >= 0.3 is 0 Å². The molecular weight excluding hydrogens is 154 g/mol. The van der Waals surface area contributed by atoms with Crippen LogP contribution in [0.15, 0.2) is 12.3 Å². The molecule has 1 heterocycles. The van der Waals surface area contributed by atoms with Gasteiger partial charge in [0.05, 0.1) is 12.7 Å². The molecule has 4 heteroatoms. The van der Waals surface area contributed by atoms with E-state index < -0.39 is 0 Å². The number of rotatable bonds is 2. The topological polar surface area (TPSA) is 71.9 Å². The molecule has 0 aliphatic carbocycles. The third-order valence-electron chi connectivity index (χ3n) is 1.47. The first-order chi connectivity index (χ1) is 5.81. The molecule has 0 aliphatic rings. The summed E-state index contributed by atoms with van der Waals surface area (Å²) in [5.41, 5.74) is 6.66. The van der Waals surface area contributed by atoms with Gasteiger partial charge in [-0.15, -0.1) is 0 Å². The SMILES string of the molecule is COc1ncc(C#N)cc1CN. The van der Waals surface area contributed by atoms with E-state index in [0.29, 0.717) is 18.0 Å². The summed E-state index contributed by atoms with van der Waals surface area (Å²) < 4.78 is 4.94. The molecule has 0 unspecified atom stereocenters. The monoisotopic (exact) mass is 163 g/mol. The summed E-state index contributed by atoms with van der Waals surface area (Å²) in [6.07, 6.45) is 1.46. The van der Waals surface area contributed by atoms with Gasteiger partial charge in [-0.25, -0.2) is 4.98 Å². The molecule has 1 aromatic heterocycles. The van der Waals surface area contributed by atoms with E-state index in [9.17, 15) is 0 Å². The number of methoxy groups -OCH3 is 1. The standard InChI is InChI=1S/C8H9N3O/c1-12-8-7(4-10)2-6(3-9)5-11-8/h2,5H,4,10H2,1H3. The number of pyridine rings is 1. The van der Waals surface area contributed by atoms with Gasteiger partial charge in [-0.1, -0.05) is 0 Å². The number of aromatic nitrogens is 1. The molecule has 0 bridgehead atoms. The van der Waals surface area contributed by atoms with Crippen LogP contribution in [0.5, 0.6) is 5.88 Å². The van der Waals surface area contributed by atoms with Crippen molar-refractivity contribution in [2.24, 2.45) is 5.73 Å². The average molecular weight is 163 g/mol. The molecule has 1 aromatic rings. The van der Waals surface area contributed by atoms with Gasteiger partial charge in [0.15, 0.2) is 0 Å². The fourth-order valence-electron chi connectivity index (χ4n) is 0.889. The van der Waals surface area contributed by atoms with Crippen molar-refractivity contribution >= 4 is 0 Å². The summed E-state index contributed by atoms with van der Waals surface area (Å²) in [5, 5.41) is 8.55. The second-order valence-electron chi connectivity index (χ2n) is 2.21. The van der Waals surface area contributed by atoms with Crippen LogP contribution in [0.1, 0.15) is 11.1 Å². The summed E-state index contributed by atoms with van der Waals surface area (Å²) in [4.78, 5) is 3.91. The van der Waals surface area contributed by atoms with Crippen molar-refractivity contribution in [1.82, 2.24) is 4.98 Å². The minimum atomic E-state index is 0.325. The molecule has 1 rings (SSSR count). The van der Waals surface area contributed by atoms with Gasteiger partial charge in [-0.3, -0.25) is 0 Å². The molecule has 0 radical (unpaired) electrons. The zero-order valence-corrected chi connectivity index (χ0v) is 6.74. The predicted octanol–water partition coefficient (Wildman–Crippen LogP) is 0.421. The third-order valence-corrected chi connectivity index (χ3v) is 1.47. The maximum atomic E-state index is 8.55. The van der Waals surface area contributed by atoms with Crippen molar-refractivity contribution in [2.45, 2.75) is 6.54 Å². The second kappa shape index (κ2) is 3.69. The van der Waals surface area contributed by atoms with Gasteiger partial charge in [0.1, 0.15) is 6.07 Å². The van der Waals surface area contributed by atoms with E-state index >= 15 is 0 Å². The second-order valence-corrected chi connectivity index (χ2v) is 2.21. The highest BCUT2D eigenvalue weighted by molar-refractivity contribution is 5.35. The van der Waals surface area contributed by atoms with E-state index in [1.807, 2.05) is 6.07 Å². The Morgan fingerprint density at radius 2 is 2.50 bits per heavy atom. The van der Waals surface area contributed by atoms with E-state index in [1.165, 1.54) is 13.3 Å². The molecule has 62 valence electrons. The first-order valence-electron chi connectivity index (χ1n) is 3.45. The highest BCUT2D eigenvalue weighted by atomic mass is 16.5. The van der Waals surface area contributed by atoms with E-state index in [0.717, 1.165) is 5.56 Å². The largest absolute Gasteiger partial charge is 0.481 e. The van der Waals surface area contributed by atoms with Crippen LogP contribution in [0.3, 0.4) is 0 Å². The molecule has 0 saturated heterocycles. The molecule has 0 aromatic carbocycles. The van der Waals surface area contributed by atoms with Gasteiger partial charge in [-0.05, 0) is 6.07 Å². The molecule has 0 amide bonds. The minimum absolute atomic E-state index is 0.325. The van der Waals surface area contributed by atoms with Crippen LogP contribution in [0.25, 0.3) is 0 Å². The quantitative estimate of drug-likeness (QED) is 0.685. The maximum absolute atomic E-state index is 8.55. The van der Waals surface area contributed by atoms with Crippen molar-refractivity contribution < 1.29 is 4.74 Å². The third kappa shape index (κ3) is 1.52. The number of nitrogens with zero attached hydrogens (tertiary/aromatic N) is 2. The Morgan fingerprint density at radius 3 is 3.00 bits per heavy atom. The lowest BCUT2D eigenvalue weighted by atomic mass is 10.2. The van der Waals surface area contributed by atoms with Crippen LogP contribution in [0.4, 0.5) is 0 Å². The molecule has 12 heavy (non-hydrogen) atoms. The Bertz CT molecular complexity index is 317. The first-order valence-corrected chi connectivity index (χ1v) is 3.45. The van der Waals surface area contributed by atoms with Crippen LogP contribution in [-0.2, 0) is 6.54 Å². The Hall–Kier alpha value is -1.60. The smallest absolute Gasteiger partial charge is 0.217 e. The lowest BCUT2D eigenvalue weighted by molar-refractivity contribution is 0.392. The lowest BCUT2D eigenvalue weighted by Crippen LogP contribution is -2.02. The molecule has 0 spiro atoms. The summed E-state index contributed by atoms with van der Waals surface area (Å²) in [6, 6.07) is 3.65. The van der Waals surface area contributed by atoms with Crippen molar-refractivity contribution in [1.29, 1.82) is 5.26 Å². The highest BCUT2D eigenvalue weighted by Gasteiger charge is 2.02. The van der Waals surface area contributed by atoms with E-state index in [1.54, 1.807) is 6.07 Å². The number of hydrogen-bond acceptors (Lipinski definition) is 4. The summed E-state index contributed by atoms with van der Waals surface area (Å²) >= 11 is 0. The molecule has 2 N–H and O–H groups in total. The van der Waals surface area contributed by atoms with Gasteiger partial charge < -0.3 is 10.5 Å². The molecule has 0 saturated carbocycles. The minimum Gasteiger partial charge on any atom is -0.481 e. The van der Waals surface area contributed by atoms with Crippen LogP contribution in [-0.4, -0.2) is 12.1 Å². The molecule has 4 nitrogen and oxygen atoms in total. The van der Waals surface area contributed by atoms with Crippen molar-refractivity contribution in [3.8, 4) is 11.9 Å². The maximum Gasteiger partial charge on any atom is 0.217 e. The van der Waals surface area contributed by atoms with Gasteiger partial charge in [-0.2, -0.15) is 5.26 Å². The molecule has 0 aliphatic heterocycles. The zero-order chi connectivity index (χ0) is 8.97. The summed E-state index contributed by atoms with van der Waals surface area (Å²) in [5.74, 6) is 0.483. The first kappa shape index (κ1) is 8.50. The van der Waals surface area contributed by atoms with E-state index in [4.69, 9.17) is 15.7 Å². The number of nitrogens with two attached hydrogens (primary N) is 1. The fraction of sp³-hybridized carbons (Fsp3) is 0.250. The Kier molecular flexibility index (Phi) is 2.62. The average Bonchev–Trinajstić information content (AvgIpc) is 2.16. The number of hydrogen-bond donors (Lipinski definition) is 1.